The third kappa shape index (κ3) is 2.42. The van der Waals surface area contributed by atoms with E-state index in [1.54, 1.807) is 25.1 Å². The van der Waals surface area contributed by atoms with Crippen LogP contribution in [0.15, 0.2) is 29.2 Å². The van der Waals surface area contributed by atoms with Crippen molar-refractivity contribution in [3.8, 4) is 0 Å². The molecule has 1 heterocycles. The fourth-order valence-electron chi connectivity index (χ4n) is 1.56. The fourth-order valence-corrected chi connectivity index (χ4v) is 2.68. The normalized spacial score (nSPS) is 17.1. The largest absolute Gasteiger partial charge is 0.298 e. The molecule has 0 spiro atoms. The molecular weight excluding hydrogens is 226 g/mol. The van der Waals surface area contributed by atoms with Gasteiger partial charge in [0.25, 0.3) is 10.1 Å². The first-order chi connectivity index (χ1) is 7.59. The van der Waals surface area contributed by atoms with Crippen molar-refractivity contribution in [3.63, 3.8) is 0 Å². The second kappa shape index (κ2) is 4.53. The molecular formula is C11H15NO3S. The van der Waals surface area contributed by atoms with Crippen molar-refractivity contribution in [3.05, 3.63) is 29.8 Å². The molecule has 1 aromatic carbocycles. The molecule has 5 heteroatoms. The number of rotatable bonds is 4. The Kier molecular flexibility index (Phi) is 3.28. The first-order valence-corrected chi connectivity index (χ1v) is 6.68. The van der Waals surface area contributed by atoms with Gasteiger partial charge < -0.3 is 0 Å². The summed E-state index contributed by atoms with van der Waals surface area (Å²) in [5.41, 5.74) is 0.714. The molecule has 0 unspecified atom stereocenters. The van der Waals surface area contributed by atoms with E-state index in [1.165, 1.54) is 0 Å². The van der Waals surface area contributed by atoms with Crippen molar-refractivity contribution in [2.75, 3.05) is 19.8 Å². The zero-order chi connectivity index (χ0) is 11.6. The number of benzene rings is 1. The number of likely N-dealkylation sites (tertiary alicyclic amines) is 1. The zero-order valence-electron chi connectivity index (χ0n) is 9.22. The Labute approximate surface area is 96.0 Å². The van der Waals surface area contributed by atoms with Gasteiger partial charge in [-0.05, 0) is 25.0 Å². The van der Waals surface area contributed by atoms with Gasteiger partial charge in [0.05, 0.1) is 4.90 Å². The van der Waals surface area contributed by atoms with Gasteiger partial charge in [-0.1, -0.05) is 18.2 Å². The lowest BCUT2D eigenvalue weighted by Crippen LogP contribution is -2.39. The quantitative estimate of drug-likeness (QED) is 0.747. The van der Waals surface area contributed by atoms with Crippen LogP contribution in [0.2, 0.25) is 0 Å². The van der Waals surface area contributed by atoms with Gasteiger partial charge in [0.1, 0.15) is 6.73 Å². The maximum atomic E-state index is 11.8. The van der Waals surface area contributed by atoms with Crippen molar-refractivity contribution in [1.29, 1.82) is 0 Å². The summed E-state index contributed by atoms with van der Waals surface area (Å²) in [7, 11) is -3.60. The van der Waals surface area contributed by atoms with E-state index in [4.69, 9.17) is 4.18 Å². The van der Waals surface area contributed by atoms with Crippen LogP contribution in [0, 0.1) is 6.92 Å². The molecule has 0 amide bonds. The summed E-state index contributed by atoms with van der Waals surface area (Å²) in [6.45, 7) is 3.77. The van der Waals surface area contributed by atoms with Gasteiger partial charge in [-0.3, -0.25) is 9.08 Å². The summed E-state index contributed by atoms with van der Waals surface area (Å²) < 4.78 is 28.7. The Hall–Kier alpha value is -0.910. The van der Waals surface area contributed by atoms with Crippen molar-refractivity contribution >= 4 is 10.1 Å². The molecule has 0 bridgehead atoms. The SMILES string of the molecule is Cc1ccccc1S(=O)(=O)OCN1CCC1. The molecule has 1 aliphatic rings. The van der Waals surface area contributed by atoms with Crippen molar-refractivity contribution in [2.45, 2.75) is 18.2 Å². The smallest absolute Gasteiger partial charge is 0.280 e. The van der Waals surface area contributed by atoms with E-state index >= 15 is 0 Å². The molecule has 2 rings (SSSR count). The number of hydrogen-bond acceptors (Lipinski definition) is 4. The highest BCUT2D eigenvalue weighted by atomic mass is 32.2. The van der Waals surface area contributed by atoms with Crippen LogP contribution in [0.1, 0.15) is 12.0 Å². The van der Waals surface area contributed by atoms with Gasteiger partial charge in [0.15, 0.2) is 0 Å². The van der Waals surface area contributed by atoms with Crippen molar-refractivity contribution in [1.82, 2.24) is 4.90 Å². The number of aryl methyl sites for hydroxylation is 1. The molecule has 0 N–H and O–H groups in total. The summed E-state index contributed by atoms with van der Waals surface area (Å²) in [4.78, 5) is 2.21. The van der Waals surface area contributed by atoms with E-state index in [2.05, 4.69) is 0 Å². The van der Waals surface area contributed by atoms with E-state index in [-0.39, 0.29) is 11.6 Å². The summed E-state index contributed by atoms with van der Waals surface area (Å²) in [5, 5.41) is 0. The highest BCUT2D eigenvalue weighted by molar-refractivity contribution is 7.86. The predicted octanol–water partition coefficient (Wildman–Crippen LogP) is 1.36. The Morgan fingerprint density at radius 2 is 2.00 bits per heavy atom. The molecule has 1 fully saturated rings. The molecule has 0 radical (unpaired) electrons. The first kappa shape index (κ1) is 11.6. The second-order valence-corrected chi connectivity index (χ2v) is 5.52. The highest BCUT2D eigenvalue weighted by Crippen LogP contribution is 2.17. The lowest BCUT2D eigenvalue weighted by Gasteiger charge is -2.29. The van der Waals surface area contributed by atoms with Crippen molar-refractivity contribution < 1.29 is 12.6 Å². The molecule has 16 heavy (non-hydrogen) atoms. The van der Waals surface area contributed by atoms with E-state index < -0.39 is 10.1 Å². The molecule has 0 aromatic heterocycles. The average molecular weight is 241 g/mol. The summed E-state index contributed by atoms with van der Waals surface area (Å²) in [6, 6.07) is 6.84. The minimum atomic E-state index is -3.60. The van der Waals surface area contributed by atoms with E-state index in [0.29, 0.717) is 5.56 Å². The van der Waals surface area contributed by atoms with Gasteiger partial charge in [-0.2, -0.15) is 8.42 Å². The lowest BCUT2D eigenvalue weighted by atomic mass is 10.2. The van der Waals surface area contributed by atoms with Crippen LogP contribution in [-0.4, -0.2) is 33.1 Å². The minimum absolute atomic E-state index is 0.163. The van der Waals surface area contributed by atoms with Gasteiger partial charge >= 0.3 is 0 Å². The Balaban J connectivity index is 2.09. The molecule has 0 atom stereocenters. The van der Waals surface area contributed by atoms with Crippen LogP contribution in [0.3, 0.4) is 0 Å². The van der Waals surface area contributed by atoms with Crippen LogP contribution in [0.25, 0.3) is 0 Å². The molecule has 0 aliphatic carbocycles. The molecule has 88 valence electrons. The predicted molar refractivity (Wildman–Crippen MR) is 60.5 cm³/mol. The fraction of sp³-hybridized carbons (Fsp3) is 0.455. The number of hydrogen-bond donors (Lipinski definition) is 0. The van der Waals surface area contributed by atoms with E-state index in [1.807, 2.05) is 11.0 Å². The highest BCUT2D eigenvalue weighted by Gasteiger charge is 2.21. The van der Waals surface area contributed by atoms with Crippen molar-refractivity contribution in [2.24, 2.45) is 0 Å². The molecule has 4 nitrogen and oxygen atoms in total. The maximum Gasteiger partial charge on any atom is 0.298 e. The van der Waals surface area contributed by atoms with Crippen LogP contribution in [0.4, 0.5) is 0 Å². The van der Waals surface area contributed by atoms with E-state index in [0.717, 1.165) is 19.5 Å². The van der Waals surface area contributed by atoms with Crippen LogP contribution in [-0.2, 0) is 14.3 Å². The monoisotopic (exact) mass is 241 g/mol. The number of nitrogens with zero attached hydrogens (tertiary/aromatic N) is 1. The lowest BCUT2D eigenvalue weighted by molar-refractivity contribution is 0.0772. The van der Waals surface area contributed by atoms with Crippen LogP contribution < -0.4 is 0 Å². The molecule has 1 aromatic rings. The van der Waals surface area contributed by atoms with E-state index in [9.17, 15) is 8.42 Å². The van der Waals surface area contributed by atoms with Crippen LogP contribution in [0.5, 0.6) is 0 Å². The molecule has 1 saturated heterocycles. The van der Waals surface area contributed by atoms with Gasteiger partial charge in [-0.25, -0.2) is 0 Å². The topological polar surface area (TPSA) is 46.6 Å². The molecule has 0 saturated carbocycles. The third-order valence-corrected chi connectivity index (χ3v) is 4.11. The van der Waals surface area contributed by atoms with Crippen LogP contribution >= 0.6 is 0 Å². The Morgan fingerprint density at radius 1 is 1.31 bits per heavy atom. The third-order valence-electron chi connectivity index (χ3n) is 2.70. The van der Waals surface area contributed by atoms with Gasteiger partial charge in [-0.15, -0.1) is 0 Å². The summed E-state index contributed by atoms with van der Waals surface area (Å²) >= 11 is 0. The standard InChI is InChI=1S/C11H15NO3S/c1-10-5-2-3-6-11(10)16(13,14)15-9-12-7-4-8-12/h2-3,5-6H,4,7-9H2,1H3. The summed E-state index contributed by atoms with van der Waals surface area (Å²) in [6.07, 6.45) is 1.12. The maximum absolute atomic E-state index is 11.8. The Bertz CT molecular complexity index is 466. The summed E-state index contributed by atoms with van der Waals surface area (Å²) in [5.74, 6) is 0. The van der Waals surface area contributed by atoms with Gasteiger partial charge in [0, 0.05) is 13.1 Å². The first-order valence-electron chi connectivity index (χ1n) is 5.27. The zero-order valence-corrected chi connectivity index (χ0v) is 10.0. The molecule has 1 aliphatic heterocycles. The second-order valence-electron chi connectivity index (χ2n) is 3.94. The average Bonchev–Trinajstić information content (AvgIpc) is 2.15. The minimum Gasteiger partial charge on any atom is -0.280 e. The Morgan fingerprint density at radius 3 is 2.56 bits per heavy atom. The van der Waals surface area contributed by atoms with Gasteiger partial charge in [0.2, 0.25) is 0 Å².